The first-order chi connectivity index (χ1) is 7.22. The van der Waals surface area contributed by atoms with Crippen LogP contribution >= 0.6 is 0 Å². The first-order valence-corrected chi connectivity index (χ1v) is 4.58. The molecule has 80 valence electrons. The molecule has 1 unspecified atom stereocenters. The van der Waals surface area contributed by atoms with Crippen LogP contribution in [0.3, 0.4) is 0 Å². The van der Waals surface area contributed by atoms with Crippen molar-refractivity contribution in [2.45, 2.75) is 6.04 Å². The molecule has 1 aromatic rings. The summed E-state index contributed by atoms with van der Waals surface area (Å²) < 4.78 is 4.81. The molecule has 0 radical (unpaired) electrons. The highest BCUT2D eigenvalue weighted by atomic mass is 16.6. The average molecular weight is 209 g/mol. The molecular weight excluding hydrogens is 198 g/mol. The van der Waals surface area contributed by atoms with Crippen LogP contribution in [0.1, 0.15) is 0 Å². The quantitative estimate of drug-likeness (QED) is 0.752. The molecule has 0 aliphatic carbocycles. The number of ether oxygens (including phenoxy) is 1. The Hall–Kier alpha value is -1.75. The molecule has 1 amide bonds. The van der Waals surface area contributed by atoms with Gasteiger partial charge < -0.3 is 14.9 Å². The standard InChI is InChI=1S/C10H11NO4/c12-5-8-6-15-10(14)11(8)7-2-1-3-9(13)4-7/h1-4,8,12-13H,5-6H2. The smallest absolute Gasteiger partial charge is 0.414 e. The Morgan fingerprint density at radius 2 is 2.33 bits per heavy atom. The zero-order valence-electron chi connectivity index (χ0n) is 7.96. The lowest BCUT2D eigenvalue weighted by Gasteiger charge is -2.19. The Morgan fingerprint density at radius 1 is 1.53 bits per heavy atom. The molecule has 1 aliphatic heterocycles. The van der Waals surface area contributed by atoms with Gasteiger partial charge in [0, 0.05) is 6.07 Å². The van der Waals surface area contributed by atoms with Crippen LogP contribution in [0.5, 0.6) is 5.75 Å². The number of phenols is 1. The molecule has 1 heterocycles. The lowest BCUT2D eigenvalue weighted by Crippen LogP contribution is -2.35. The minimum atomic E-state index is -0.500. The van der Waals surface area contributed by atoms with Gasteiger partial charge in [0.05, 0.1) is 18.3 Å². The van der Waals surface area contributed by atoms with E-state index in [-0.39, 0.29) is 25.0 Å². The molecule has 1 saturated heterocycles. The van der Waals surface area contributed by atoms with Gasteiger partial charge in [-0.25, -0.2) is 4.79 Å². The summed E-state index contributed by atoms with van der Waals surface area (Å²) in [7, 11) is 0. The van der Waals surface area contributed by atoms with Crippen LogP contribution in [-0.2, 0) is 4.74 Å². The predicted octanol–water partition coefficient (Wildman–Crippen LogP) is 0.710. The Balaban J connectivity index is 2.32. The molecule has 5 heteroatoms. The van der Waals surface area contributed by atoms with E-state index in [1.54, 1.807) is 12.1 Å². The number of aliphatic hydroxyl groups is 1. The lowest BCUT2D eigenvalue weighted by molar-refractivity contribution is 0.174. The van der Waals surface area contributed by atoms with Crippen molar-refractivity contribution in [3.63, 3.8) is 0 Å². The number of anilines is 1. The van der Waals surface area contributed by atoms with Crippen LogP contribution in [0.4, 0.5) is 10.5 Å². The summed E-state index contributed by atoms with van der Waals surface area (Å²) in [6.45, 7) is 0.00634. The van der Waals surface area contributed by atoms with E-state index in [4.69, 9.17) is 9.84 Å². The van der Waals surface area contributed by atoms with Crippen molar-refractivity contribution >= 4 is 11.8 Å². The third kappa shape index (κ3) is 1.73. The van der Waals surface area contributed by atoms with Gasteiger partial charge in [-0.3, -0.25) is 4.90 Å². The summed E-state index contributed by atoms with van der Waals surface area (Å²) in [6.07, 6.45) is -0.500. The number of nitrogens with zero attached hydrogens (tertiary/aromatic N) is 1. The molecular formula is C10H11NO4. The second-order valence-electron chi connectivity index (χ2n) is 3.30. The number of aromatic hydroxyl groups is 1. The average Bonchev–Trinajstić information content (AvgIpc) is 2.59. The lowest BCUT2D eigenvalue weighted by atomic mass is 10.2. The van der Waals surface area contributed by atoms with Crippen LogP contribution in [0, 0.1) is 0 Å². The predicted molar refractivity (Wildman–Crippen MR) is 52.8 cm³/mol. The minimum Gasteiger partial charge on any atom is -0.508 e. The highest BCUT2D eigenvalue weighted by molar-refractivity contribution is 5.90. The number of cyclic esters (lactones) is 1. The fraction of sp³-hybridized carbons (Fsp3) is 0.300. The van der Waals surface area contributed by atoms with Crippen LogP contribution in [0.15, 0.2) is 24.3 Å². The summed E-state index contributed by atoms with van der Waals surface area (Å²) in [5.41, 5.74) is 0.525. The van der Waals surface area contributed by atoms with E-state index in [0.29, 0.717) is 5.69 Å². The SMILES string of the molecule is O=C1OCC(CO)N1c1cccc(O)c1. The summed E-state index contributed by atoms with van der Waals surface area (Å²) in [6, 6.07) is 5.90. The maximum atomic E-state index is 11.4. The molecule has 0 aromatic heterocycles. The van der Waals surface area contributed by atoms with Gasteiger partial charge in [-0.15, -0.1) is 0 Å². The number of hydrogen-bond acceptors (Lipinski definition) is 4. The van der Waals surface area contributed by atoms with Gasteiger partial charge in [0.15, 0.2) is 0 Å². The van der Waals surface area contributed by atoms with Gasteiger partial charge in [-0.2, -0.15) is 0 Å². The van der Waals surface area contributed by atoms with Crippen LogP contribution < -0.4 is 4.90 Å². The monoisotopic (exact) mass is 209 g/mol. The van der Waals surface area contributed by atoms with Gasteiger partial charge in [-0.1, -0.05) is 6.07 Å². The van der Waals surface area contributed by atoms with E-state index in [1.807, 2.05) is 0 Å². The first kappa shape index (κ1) is 9.79. The summed E-state index contributed by atoms with van der Waals surface area (Å²) in [5, 5.41) is 18.3. The molecule has 1 aliphatic rings. The normalized spacial score (nSPS) is 20.5. The van der Waals surface area contributed by atoms with Crippen molar-refractivity contribution in [1.82, 2.24) is 0 Å². The van der Waals surface area contributed by atoms with Crippen molar-refractivity contribution in [1.29, 1.82) is 0 Å². The van der Waals surface area contributed by atoms with E-state index in [2.05, 4.69) is 0 Å². The minimum absolute atomic E-state index is 0.0730. The van der Waals surface area contributed by atoms with Crippen LogP contribution in [0.25, 0.3) is 0 Å². The van der Waals surface area contributed by atoms with Gasteiger partial charge in [0.1, 0.15) is 12.4 Å². The first-order valence-electron chi connectivity index (χ1n) is 4.58. The van der Waals surface area contributed by atoms with Gasteiger partial charge in [-0.05, 0) is 12.1 Å². The van der Waals surface area contributed by atoms with E-state index in [9.17, 15) is 9.90 Å². The highest BCUT2D eigenvalue weighted by Gasteiger charge is 2.33. The molecule has 0 bridgehead atoms. The molecule has 15 heavy (non-hydrogen) atoms. The Kier molecular flexibility index (Phi) is 2.47. The second kappa shape index (κ2) is 3.78. The van der Waals surface area contributed by atoms with Gasteiger partial charge in [0.25, 0.3) is 0 Å². The summed E-state index contributed by atoms with van der Waals surface area (Å²) in [5.74, 6) is 0.0730. The van der Waals surface area contributed by atoms with E-state index < -0.39 is 6.09 Å². The number of rotatable bonds is 2. The molecule has 1 fully saturated rings. The number of carbonyl (C=O) groups excluding carboxylic acids is 1. The fourth-order valence-electron chi connectivity index (χ4n) is 1.55. The van der Waals surface area contributed by atoms with E-state index >= 15 is 0 Å². The summed E-state index contributed by atoms with van der Waals surface area (Å²) in [4.78, 5) is 12.7. The zero-order valence-corrected chi connectivity index (χ0v) is 7.96. The molecule has 2 rings (SSSR count). The number of aliphatic hydroxyl groups excluding tert-OH is 1. The Morgan fingerprint density at radius 3 is 3.00 bits per heavy atom. The van der Waals surface area contributed by atoms with Crippen LogP contribution in [-0.4, -0.2) is 35.6 Å². The van der Waals surface area contributed by atoms with Crippen molar-refractivity contribution in [3.05, 3.63) is 24.3 Å². The third-order valence-electron chi connectivity index (χ3n) is 2.28. The maximum Gasteiger partial charge on any atom is 0.414 e. The molecule has 0 spiro atoms. The topological polar surface area (TPSA) is 70.0 Å². The van der Waals surface area contributed by atoms with E-state index in [0.717, 1.165) is 0 Å². The van der Waals surface area contributed by atoms with Crippen molar-refractivity contribution in [3.8, 4) is 5.75 Å². The highest BCUT2D eigenvalue weighted by Crippen LogP contribution is 2.25. The molecule has 1 atom stereocenters. The number of amides is 1. The number of hydrogen-bond donors (Lipinski definition) is 2. The number of phenolic OH excluding ortho intramolecular Hbond substituents is 1. The molecule has 2 N–H and O–H groups in total. The summed E-state index contributed by atoms with van der Waals surface area (Å²) >= 11 is 0. The van der Waals surface area contributed by atoms with Crippen LogP contribution in [0.2, 0.25) is 0 Å². The third-order valence-corrected chi connectivity index (χ3v) is 2.28. The largest absolute Gasteiger partial charge is 0.508 e. The maximum absolute atomic E-state index is 11.4. The van der Waals surface area contributed by atoms with Gasteiger partial charge in [0.2, 0.25) is 0 Å². The Bertz CT molecular complexity index is 379. The van der Waals surface area contributed by atoms with E-state index in [1.165, 1.54) is 17.0 Å². The zero-order chi connectivity index (χ0) is 10.8. The number of carbonyl (C=O) groups is 1. The molecule has 1 aromatic carbocycles. The van der Waals surface area contributed by atoms with Crippen molar-refractivity contribution in [2.75, 3.05) is 18.1 Å². The van der Waals surface area contributed by atoms with Gasteiger partial charge >= 0.3 is 6.09 Å². The van der Waals surface area contributed by atoms with Crippen molar-refractivity contribution < 1.29 is 19.7 Å². The second-order valence-corrected chi connectivity index (χ2v) is 3.30. The fourth-order valence-corrected chi connectivity index (χ4v) is 1.55. The number of benzene rings is 1. The van der Waals surface area contributed by atoms with Crippen molar-refractivity contribution in [2.24, 2.45) is 0 Å². The Labute approximate surface area is 86.5 Å². The molecule has 5 nitrogen and oxygen atoms in total. The molecule has 0 saturated carbocycles.